The van der Waals surface area contributed by atoms with E-state index in [1.165, 1.54) is 11.1 Å². The molecular weight excluding hydrogens is 262 g/mol. The predicted octanol–water partition coefficient (Wildman–Crippen LogP) is 1.68. The van der Waals surface area contributed by atoms with Crippen LogP contribution >= 0.6 is 11.3 Å². The van der Waals surface area contributed by atoms with Crippen molar-refractivity contribution in [1.82, 2.24) is 14.8 Å². The van der Waals surface area contributed by atoms with Gasteiger partial charge in [0.15, 0.2) is 5.13 Å². The van der Waals surface area contributed by atoms with E-state index in [9.17, 15) is 4.79 Å². The van der Waals surface area contributed by atoms with Gasteiger partial charge in [-0.2, -0.15) is 5.10 Å². The lowest BCUT2D eigenvalue weighted by molar-refractivity contribution is 0.101. The van der Waals surface area contributed by atoms with Gasteiger partial charge >= 0.3 is 0 Å². The summed E-state index contributed by atoms with van der Waals surface area (Å²) in [5.41, 5.74) is 7.70. The number of anilines is 2. The highest BCUT2D eigenvalue weighted by atomic mass is 32.1. The molecule has 0 aliphatic heterocycles. The third-order valence-electron chi connectivity index (χ3n) is 3.20. The molecule has 19 heavy (non-hydrogen) atoms. The zero-order chi connectivity index (χ0) is 13.4. The van der Waals surface area contributed by atoms with Crippen molar-refractivity contribution in [3.63, 3.8) is 0 Å². The Balaban J connectivity index is 1.82. The van der Waals surface area contributed by atoms with Crippen LogP contribution < -0.4 is 11.1 Å². The van der Waals surface area contributed by atoms with Crippen LogP contribution in [0.25, 0.3) is 0 Å². The summed E-state index contributed by atoms with van der Waals surface area (Å²) in [5, 5.41) is 7.53. The molecule has 0 saturated carbocycles. The van der Waals surface area contributed by atoms with Crippen molar-refractivity contribution >= 4 is 28.1 Å². The lowest BCUT2D eigenvalue weighted by Gasteiger charge is -2.05. The van der Waals surface area contributed by atoms with Gasteiger partial charge in [-0.05, 0) is 26.2 Å². The third-order valence-corrected chi connectivity index (χ3v) is 4.27. The van der Waals surface area contributed by atoms with Crippen molar-refractivity contribution in [3.8, 4) is 0 Å². The number of amides is 1. The number of nitrogen functional groups attached to an aromatic ring is 1. The number of aromatic nitrogens is 3. The summed E-state index contributed by atoms with van der Waals surface area (Å²) in [7, 11) is 0. The van der Waals surface area contributed by atoms with Gasteiger partial charge in [0.05, 0.1) is 17.6 Å². The second-order valence-corrected chi connectivity index (χ2v) is 5.54. The molecule has 0 spiro atoms. The SMILES string of the molecule is CCn1ncc(N)c1C(=O)Nc1nc2c(s1)CCC2. The van der Waals surface area contributed by atoms with Gasteiger partial charge in [0.2, 0.25) is 0 Å². The molecule has 7 heteroatoms. The van der Waals surface area contributed by atoms with Gasteiger partial charge in [0, 0.05) is 11.4 Å². The van der Waals surface area contributed by atoms with E-state index >= 15 is 0 Å². The first-order valence-electron chi connectivity index (χ1n) is 6.30. The summed E-state index contributed by atoms with van der Waals surface area (Å²) >= 11 is 1.55. The molecule has 2 aromatic heterocycles. The maximum atomic E-state index is 12.2. The highest BCUT2D eigenvalue weighted by molar-refractivity contribution is 7.16. The monoisotopic (exact) mass is 277 g/mol. The number of aryl methyl sites for hydroxylation is 3. The number of nitrogens with two attached hydrogens (primary N) is 1. The number of nitrogens with zero attached hydrogens (tertiary/aromatic N) is 3. The largest absolute Gasteiger partial charge is 0.396 e. The van der Waals surface area contributed by atoms with Crippen LogP contribution in [0.4, 0.5) is 10.8 Å². The highest BCUT2D eigenvalue weighted by Crippen LogP contribution is 2.30. The molecule has 0 unspecified atom stereocenters. The number of fused-ring (bicyclic) bond motifs is 1. The lowest BCUT2D eigenvalue weighted by atomic mass is 10.3. The Morgan fingerprint density at radius 2 is 2.42 bits per heavy atom. The Bertz CT molecular complexity index is 609. The molecule has 6 nitrogen and oxygen atoms in total. The molecule has 1 aliphatic carbocycles. The molecule has 1 aliphatic rings. The van der Waals surface area contributed by atoms with E-state index in [-0.39, 0.29) is 5.91 Å². The van der Waals surface area contributed by atoms with Crippen LogP contribution in [0.15, 0.2) is 6.20 Å². The van der Waals surface area contributed by atoms with E-state index in [1.807, 2.05) is 6.92 Å². The van der Waals surface area contributed by atoms with E-state index in [0.717, 1.165) is 25.0 Å². The normalized spacial score (nSPS) is 13.5. The van der Waals surface area contributed by atoms with Crippen LogP contribution in [-0.2, 0) is 19.4 Å². The van der Waals surface area contributed by atoms with Crippen molar-refractivity contribution < 1.29 is 4.79 Å². The summed E-state index contributed by atoms with van der Waals surface area (Å²) in [6, 6.07) is 0. The number of thiazole rings is 1. The van der Waals surface area contributed by atoms with E-state index in [4.69, 9.17) is 5.73 Å². The van der Waals surface area contributed by atoms with Crippen LogP contribution in [0.1, 0.15) is 34.4 Å². The van der Waals surface area contributed by atoms with Crippen LogP contribution in [0.3, 0.4) is 0 Å². The maximum Gasteiger partial charge on any atom is 0.277 e. The summed E-state index contributed by atoms with van der Waals surface area (Å²) in [4.78, 5) is 17.9. The first-order chi connectivity index (χ1) is 9.19. The Morgan fingerprint density at radius 1 is 1.58 bits per heavy atom. The molecule has 0 saturated heterocycles. The minimum atomic E-state index is -0.246. The van der Waals surface area contributed by atoms with Crippen LogP contribution in [0, 0.1) is 0 Å². The van der Waals surface area contributed by atoms with Gasteiger partial charge < -0.3 is 5.73 Å². The van der Waals surface area contributed by atoms with Crippen molar-refractivity contribution in [2.75, 3.05) is 11.1 Å². The fourth-order valence-electron chi connectivity index (χ4n) is 2.29. The fourth-order valence-corrected chi connectivity index (χ4v) is 3.33. The number of carbonyl (C=O) groups is 1. The lowest BCUT2D eigenvalue weighted by Crippen LogP contribution is -2.18. The summed E-state index contributed by atoms with van der Waals surface area (Å²) in [5.74, 6) is -0.246. The molecule has 0 fully saturated rings. The van der Waals surface area contributed by atoms with Gasteiger partial charge in [-0.25, -0.2) is 4.98 Å². The highest BCUT2D eigenvalue weighted by Gasteiger charge is 2.21. The Labute approximate surface area is 114 Å². The zero-order valence-corrected chi connectivity index (χ0v) is 11.5. The van der Waals surface area contributed by atoms with Crippen molar-refractivity contribution in [2.45, 2.75) is 32.7 Å². The molecule has 100 valence electrons. The van der Waals surface area contributed by atoms with E-state index in [2.05, 4.69) is 15.4 Å². The third kappa shape index (κ3) is 2.10. The van der Waals surface area contributed by atoms with Gasteiger partial charge in [-0.3, -0.25) is 14.8 Å². The van der Waals surface area contributed by atoms with Crippen molar-refractivity contribution in [1.29, 1.82) is 0 Å². The van der Waals surface area contributed by atoms with Gasteiger partial charge in [0.1, 0.15) is 5.69 Å². The second kappa shape index (κ2) is 4.65. The minimum Gasteiger partial charge on any atom is -0.396 e. The Kier molecular flexibility index (Phi) is 2.98. The minimum absolute atomic E-state index is 0.246. The second-order valence-electron chi connectivity index (χ2n) is 4.46. The summed E-state index contributed by atoms with van der Waals surface area (Å²) in [6.45, 7) is 2.52. The van der Waals surface area contributed by atoms with Crippen molar-refractivity contribution in [2.24, 2.45) is 0 Å². The van der Waals surface area contributed by atoms with Crippen molar-refractivity contribution in [3.05, 3.63) is 22.5 Å². The summed E-state index contributed by atoms with van der Waals surface area (Å²) < 4.78 is 1.59. The van der Waals surface area contributed by atoms with Gasteiger partial charge in [-0.1, -0.05) is 0 Å². The van der Waals surface area contributed by atoms with Gasteiger partial charge in [0.25, 0.3) is 5.91 Å². The average Bonchev–Trinajstić information content (AvgIpc) is 3.02. The Hall–Kier alpha value is -1.89. The van der Waals surface area contributed by atoms with E-state index in [0.29, 0.717) is 23.1 Å². The van der Waals surface area contributed by atoms with Gasteiger partial charge in [-0.15, -0.1) is 11.3 Å². The topological polar surface area (TPSA) is 85.8 Å². The van der Waals surface area contributed by atoms with E-state index < -0.39 is 0 Å². The number of rotatable bonds is 3. The molecule has 0 aromatic carbocycles. The number of carbonyl (C=O) groups excluding carboxylic acids is 1. The zero-order valence-electron chi connectivity index (χ0n) is 10.6. The smallest absolute Gasteiger partial charge is 0.277 e. The molecule has 0 radical (unpaired) electrons. The standard InChI is InChI=1S/C12H15N5OS/c1-2-17-10(7(13)6-14-17)11(18)16-12-15-8-4-3-5-9(8)19-12/h6H,2-5,13H2,1H3,(H,15,16,18). The maximum absolute atomic E-state index is 12.2. The molecule has 1 amide bonds. The molecule has 0 bridgehead atoms. The van der Waals surface area contributed by atoms with Crippen LogP contribution in [-0.4, -0.2) is 20.7 Å². The first-order valence-corrected chi connectivity index (χ1v) is 7.12. The fraction of sp³-hybridized carbons (Fsp3) is 0.417. The Morgan fingerprint density at radius 3 is 3.16 bits per heavy atom. The molecular formula is C12H15N5OS. The molecule has 0 atom stereocenters. The summed E-state index contributed by atoms with van der Waals surface area (Å²) in [6.07, 6.45) is 4.74. The average molecular weight is 277 g/mol. The number of hydrogen-bond acceptors (Lipinski definition) is 5. The molecule has 3 rings (SSSR count). The van der Waals surface area contributed by atoms with Crippen LogP contribution in [0.2, 0.25) is 0 Å². The molecule has 3 N–H and O–H groups in total. The number of nitrogens with one attached hydrogen (secondary N) is 1. The first kappa shape index (κ1) is 12.2. The molecule has 2 aromatic rings. The molecule has 2 heterocycles. The van der Waals surface area contributed by atoms with E-state index in [1.54, 1.807) is 16.0 Å². The quantitative estimate of drug-likeness (QED) is 0.893. The predicted molar refractivity (Wildman–Crippen MR) is 74.4 cm³/mol. The van der Waals surface area contributed by atoms with Crippen LogP contribution in [0.5, 0.6) is 0 Å². The number of hydrogen-bond donors (Lipinski definition) is 2.